The monoisotopic (exact) mass is 164 g/mol. The SMILES string of the molecule is C1=CCC(C2CCCC=N2)NC1. The fraction of sp³-hybridized carbons (Fsp3) is 0.700. The standard InChI is InChI=1S/C10H16N2/c1-3-7-11-9(5-1)10-6-2-4-8-12-10/h1,3,8-11H,2,4-7H2. The quantitative estimate of drug-likeness (QED) is 0.584. The van der Waals surface area contributed by atoms with Crippen LogP contribution in [0.3, 0.4) is 0 Å². The second kappa shape index (κ2) is 3.85. The average Bonchev–Trinajstić information content (AvgIpc) is 2.21. The summed E-state index contributed by atoms with van der Waals surface area (Å²) in [4.78, 5) is 4.53. The molecule has 0 aromatic carbocycles. The molecule has 2 nitrogen and oxygen atoms in total. The number of hydrogen-bond acceptors (Lipinski definition) is 2. The van der Waals surface area contributed by atoms with Gasteiger partial charge in [0, 0.05) is 12.6 Å². The zero-order valence-corrected chi connectivity index (χ0v) is 7.37. The van der Waals surface area contributed by atoms with Crippen LogP contribution in [-0.4, -0.2) is 24.8 Å². The van der Waals surface area contributed by atoms with Gasteiger partial charge >= 0.3 is 0 Å². The van der Waals surface area contributed by atoms with Crippen molar-refractivity contribution in [1.82, 2.24) is 5.32 Å². The van der Waals surface area contributed by atoms with Crippen molar-refractivity contribution in [3.05, 3.63) is 12.2 Å². The molecule has 0 saturated carbocycles. The molecule has 0 bridgehead atoms. The van der Waals surface area contributed by atoms with Crippen LogP contribution < -0.4 is 5.32 Å². The van der Waals surface area contributed by atoms with Crippen LogP contribution in [0.25, 0.3) is 0 Å². The van der Waals surface area contributed by atoms with E-state index < -0.39 is 0 Å². The molecule has 2 atom stereocenters. The first kappa shape index (κ1) is 7.99. The van der Waals surface area contributed by atoms with Crippen molar-refractivity contribution in [2.45, 2.75) is 37.8 Å². The largest absolute Gasteiger partial charge is 0.308 e. The maximum atomic E-state index is 4.53. The summed E-state index contributed by atoms with van der Waals surface area (Å²) in [6, 6.07) is 1.15. The molecule has 12 heavy (non-hydrogen) atoms. The molecule has 0 spiro atoms. The second-order valence-electron chi connectivity index (χ2n) is 3.55. The Balaban J connectivity index is 1.94. The predicted molar refractivity (Wildman–Crippen MR) is 51.7 cm³/mol. The van der Waals surface area contributed by atoms with E-state index in [1.165, 1.54) is 19.3 Å². The lowest BCUT2D eigenvalue weighted by atomic mass is 9.96. The first-order chi connectivity index (χ1) is 5.97. The molecule has 2 unspecified atom stereocenters. The molecule has 2 heteroatoms. The second-order valence-corrected chi connectivity index (χ2v) is 3.55. The van der Waals surface area contributed by atoms with Crippen LogP contribution >= 0.6 is 0 Å². The van der Waals surface area contributed by atoms with Crippen LogP contribution in [-0.2, 0) is 0 Å². The van der Waals surface area contributed by atoms with Crippen molar-refractivity contribution in [3.63, 3.8) is 0 Å². The Hall–Kier alpha value is -0.630. The molecule has 0 aliphatic carbocycles. The van der Waals surface area contributed by atoms with Crippen molar-refractivity contribution in [3.8, 4) is 0 Å². The number of nitrogens with zero attached hydrogens (tertiary/aromatic N) is 1. The average molecular weight is 164 g/mol. The maximum absolute atomic E-state index is 4.53. The first-order valence-corrected chi connectivity index (χ1v) is 4.87. The molecule has 2 rings (SSSR count). The Morgan fingerprint density at radius 2 is 2.33 bits per heavy atom. The smallest absolute Gasteiger partial charge is 0.0651 e. The lowest BCUT2D eigenvalue weighted by Gasteiger charge is -2.27. The third kappa shape index (κ3) is 1.75. The Kier molecular flexibility index (Phi) is 2.57. The van der Waals surface area contributed by atoms with Crippen molar-refractivity contribution >= 4 is 6.21 Å². The molecule has 0 aromatic heterocycles. The van der Waals surface area contributed by atoms with E-state index in [1.54, 1.807) is 0 Å². The molecule has 2 aliphatic heterocycles. The minimum atomic E-state index is 0.545. The van der Waals surface area contributed by atoms with E-state index in [-0.39, 0.29) is 0 Å². The maximum Gasteiger partial charge on any atom is 0.0651 e. The van der Waals surface area contributed by atoms with E-state index in [4.69, 9.17) is 0 Å². The topological polar surface area (TPSA) is 24.4 Å². The fourth-order valence-corrected chi connectivity index (χ4v) is 1.93. The number of rotatable bonds is 1. The molecule has 2 aliphatic rings. The van der Waals surface area contributed by atoms with Gasteiger partial charge < -0.3 is 5.32 Å². The highest BCUT2D eigenvalue weighted by Crippen LogP contribution is 2.16. The predicted octanol–water partition coefficient (Wildman–Crippen LogP) is 1.53. The highest BCUT2D eigenvalue weighted by Gasteiger charge is 2.20. The zero-order chi connectivity index (χ0) is 8.23. The Labute approximate surface area is 73.8 Å². The molecule has 0 fully saturated rings. The summed E-state index contributed by atoms with van der Waals surface area (Å²) >= 11 is 0. The molecule has 66 valence electrons. The highest BCUT2D eigenvalue weighted by atomic mass is 15.0. The van der Waals surface area contributed by atoms with E-state index in [2.05, 4.69) is 28.7 Å². The van der Waals surface area contributed by atoms with Gasteiger partial charge in [-0.1, -0.05) is 12.2 Å². The van der Waals surface area contributed by atoms with Gasteiger partial charge in [0.05, 0.1) is 6.04 Å². The van der Waals surface area contributed by atoms with Gasteiger partial charge in [-0.15, -0.1) is 0 Å². The van der Waals surface area contributed by atoms with E-state index in [0.717, 1.165) is 13.0 Å². The Morgan fingerprint density at radius 3 is 3.00 bits per heavy atom. The summed E-state index contributed by atoms with van der Waals surface area (Å²) in [5.74, 6) is 0. The third-order valence-electron chi connectivity index (χ3n) is 2.65. The summed E-state index contributed by atoms with van der Waals surface area (Å²) in [6.45, 7) is 1.02. The third-order valence-corrected chi connectivity index (χ3v) is 2.65. The van der Waals surface area contributed by atoms with E-state index in [9.17, 15) is 0 Å². The minimum absolute atomic E-state index is 0.545. The lowest BCUT2D eigenvalue weighted by Crippen LogP contribution is -2.41. The Bertz CT molecular complexity index is 196. The fourth-order valence-electron chi connectivity index (χ4n) is 1.93. The van der Waals surface area contributed by atoms with E-state index in [0.29, 0.717) is 12.1 Å². The van der Waals surface area contributed by atoms with Gasteiger partial charge in [-0.05, 0) is 31.9 Å². The first-order valence-electron chi connectivity index (χ1n) is 4.87. The van der Waals surface area contributed by atoms with Gasteiger partial charge in [-0.2, -0.15) is 0 Å². The molecule has 0 aromatic rings. The molecular weight excluding hydrogens is 148 g/mol. The summed E-state index contributed by atoms with van der Waals surface area (Å²) in [7, 11) is 0. The van der Waals surface area contributed by atoms with E-state index >= 15 is 0 Å². The lowest BCUT2D eigenvalue weighted by molar-refractivity contribution is 0.407. The number of nitrogens with one attached hydrogen (secondary N) is 1. The summed E-state index contributed by atoms with van der Waals surface area (Å²) in [5, 5.41) is 3.49. The van der Waals surface area contributed by atoms with Gasteiger partial charge in [0.15, 0.2) is 0 Å². The Morgan fingerprint density at radius 1 is 1.33 bits per heavy atom. The van der Waals surface area contributed by atoms with Crippen molar-refractivity contribution in [2.75, 3.05) is 6.54 Å². The molecular formula is C10H16N2. The van der Waals surface area contributed by atoms with Crippen LogP contribution in [0.15, 0.2) is 17.1 Å². The van der Waals surface area contributed by atoms with Crippen molar-refractivity contribution in [1.29, 1.82) is 0 Å². The number of aliphatic imine (C=N–C) groups is 1. The van der Waals surface area contributed by atoms with E-state index in [1.807, 2.05) is 0 Å². The van der Waals surface area contributed by atoms with Crippen LogP contribution in [0.4, 0.5) is 0 Å². The molecule has 2 heterocycles. The van der Waals surface area contributed by atoms with Gasteiger partial charge in [0.25, 0.3) is 0 Å². The zero-order valence-electron chi connectivity index (χ0n) is 7.37. The highest BCUT2D eigenvalue weighted by molar-refractivity contribution is 5.58. The van der Waals surface area contributed by atoms with Gasteiger partial charge in [0.2, 0.25) is 0 Å². The summed E-state index contributed by atoms with van der Waals surface area (Å²) < 4.78 is 0. The summed E-state index contributed by atoms with van der Waals surface area (Å²) in [5.41, 5.74) is 0. The van der Waals surface area contributed by atoms with Crippen LogP contribution in [0, 0.1) is 0 Å². The summed E-state index contributed by atoms with van der Waals surface area (Å²) in [6.07, 6.45) is 11.5. The van der Waals surface area contributed by atoms with Crippen LogP contribution in [0.2, 0.25) is 0 Å². The van der Waals surface area contributed by atoms with Crippen LogP contribution in [0.1, 0.15) is 25.7 Å². The normalized spacial score (nSPS) is 35.3. The van der Waals surface area contributed by atoms with Gasteiger partial charge in [-0.25, -0.2) is 0 Å². The molecule has 0 saturated heterocycles. The molecule has 0 amide bonds. The van der Waals surface area contributed by atoms with Crippen molar-refractivity contribution in [2.24, 2.45) is 4.99 Å². The van der Waals surface area contributed by atoms with Gasteiger partial charge in [-0.3, -0.25) is 4.99 Å². The van der Waals surface area contributed by atoms with Gasteiger partial charge in [0.1, 0.15) is 0 Å². The van der Waals surface area contributed by atoms with Crippen molar-refractivity contribution < 1.29 is 0 Å². The number of hydrogen-bond donors (Lipinski definition) is 1. The molecule has 0 radical (unpaired) electrons. The molecule has 1 N–H and O–H groups in total. The minimum Gasteiger partial charge on any atom is -0.308 e. The van der Waals surface area contributed by atoms with Crippen LogP contribution in [0.5, 0.6) is 0 Å².